The number of aromatic nitrogens is 3. The van der Waals surface area contributed by atoms with Gasteiger partial charge in [0.15, 0.2) is 0 Å². The average molecular weight is 582 g/mol. The number of primary amides is 1. The number of hydrogen-bond acceptors (Lipinski definition) is 7. The summed E-state index contributed by atoms with van der Waals surface area (Å²) in [5.74, 6) is -0.697. The topological polar surface area (TPSA) is 143 Å². The summed E-state index contributed by atoms with van der Waals surface area (Å²) in [5.41, 5.74) is 7.30. The Morgan fingerprint density at radius 2 is 1.97 bits per heavy atom. The molecule has 1 aliphatic carbocycles. The molecule has 0 fully saturated rings. The number of rotatable bonds is 9. The molecule has 37 heavy (non-hydrogen) atoms. The Kier molecular flexibility index (Phi) is 8.79. The minimum Gasteiger partial charge on any atom is -0.365 e. The number of aromatic amines is 1. The van der Waals surface area contributed by atoms with Crippen molar-refractivity contribution < 1.29 is 14.4 Å². The van der Waals surface area contributed by atoms with Gasteiger partial charge in [0.2, 0.25) is 11.1 Å². The number of nitrogens with one attached hydrogen (secondary N) is 3. The van der Waals surface area contributed by atoms with Gasteiger partial charge in [-0.15, -0.1) is 16.4 Å². The monoisotopic (exact) mass is 580 g/mol. The van der Waals surface area contributed by atoms with Crippen molar-refractivity contribution in [3.63, 3.8) is 0 Å². The number of halogens is 2. The highest BCUT2D eigenvalue weighted by Gasteiger charge is 2.26. The SMILES string of the molecule is CC(C)[C@@H](NC(=O)c1ccc(Cl)cc1Cl)c1nc(SCC(=O)Nc2sc3c(c2C(N)=O)CCCC3)n[nH]1. The fourth-order valence-corrected chi connectivity index (χ4v) is 6.52. The smallest absolute Gasteiger partial charge is 0.253 e. The fourth-order valence-electron chi connectivity index (χ4n) is 4.11. The van der Waals surface area contributed by atoms with Crippen LogP contribution < -0.4 is 16.4 Å². The quantitative estimate of drug-likeness (QED) is 0.262. The van der Waals surface area contributed by atoms with Crippen LogP contribution in [0.2, 0.25) is 10.0 Å². The number of carbonyl (C=O) groups excluding carboxylic acids is 3. The van der Waals surface area contributed by atoms with E-state index in [1.807, 2.05) is 13.8 Å². The first kappa shape index (κ1) is 27.4. The molecule has 2 heterocycles. The molecule has 0 radical (unpaired) electrons. The number of amides is 3. The van der Waals surface area contributed by atoms with Crippen molar-refractivity contribution >= 4 is 69.0 Å². The first-order valence-electron chi connectivity index (χ1n) is 11.7. The van der Waals surface area contributed by atoms with E-state index in [0.29, 0.717) is 32.1 Å². The summed E-state index contributed by atoms with van der Waals surface area (Å²) in [5, 5.41) is 14.4. The van der Waals surface area contributed by atoms with Gasteiger partial charge < -0.3 is 16.4 Å². The largest absolute Gasteiger partial charge is 0.365 e. The van der Waals surface area contributed by atoms with E-state index >= 15 is 0 Å². The molecule has 3 aromatic rings. The molecular formula is C24H26Cl2N6O3S2. The molecule has 5 N–H and O–H groups in total. The zero-order valence-corrected chi connectivity index (χ0v) is 23.3. The Bertz CT molecular complexity index is 1340. The highest BCUT2D eigenvalue weighted by atomic mass is 35.5. The second kappa shape index (κ2) is 11.8. The highest BCUT2D eigenvalue weighted by molar-refractivity contribution is 7.99. The van der Waals surface area contributed by atoms with Crippen LogP contribution in [0.4, 0.5) is 5.00 Å². The van der Waals surface area contributed by atoms with Gasteiger partial charge in [-0.05, 0) is 55.4 Å². The fraction of sp³-hybridized carbons (Fsp3) is 0.375. The van der Waals surface area contributed by atoms with Crippen LogP contribution in [0, 0.1) is 5.92 Å². The molecule has 3 amide bonds. The van der Waals surface area contributed by atoms with Crippen LogP contribution >= 0.6 is 46.3 Å². The number of aryl methyl sites for hydroxylation is 1. The van der Waals surface area contributed by atoms with E-state index in [-0.39, 0.29) is 28.5 Å². The molecule has 1 atom stereocenters. The summed E-state index contributed by atoms with van der Waals surface area (Å²) in [4.78, 5) is 43.1. The number of anilines is 1. The van der Waals surface area contributed by atoms with Gasteiger partial charge in [0, 0.05) is 9.90 Å². The average Bonchev–Trinajstić information content (AvgIpc) is 3.45. The van der Waals surface area contributed by atoms with E-state index in [1.165, 1.54) is 17.4 Å². The van der Waals surface area contributed by atoms with Crippen molar-refractivity contribution in [3.8, 4) is 0 Å². The lowest BCUT2D eigenvalue weighted by Crippen LogP contribution is -2.32. The normalized spacial score (nSPS) is 13.8. The van der Waals surface area contributed by atoms with Gasteiger partial charge in [-0.1, -0.05) is 48.8 Å². The van der Waals surface area contributed by atoms with Crippen LogP contribution in [0.5, 0.6) is 0 Å². The van der Waals surface area contributed by atoms with Gasteiger partial charge in [0.05, 0.1) is 27.9 Å². The van der Waals surface area contributed by atoms with Crippen molar-refractivity contribution in [2.75, 3.05) is 11.1 Å². The van der Waals surface area contributed by atoms with Crippen LogP contribution in [0.15, 0.2) is 23.4 Å². The molecule has 4 rings (SSSR count). The van der Waals surface area contributed by atoms with Crippen molar-refractivity contribution in [3.05, 3.63) is 55.6 Å². The lowest BCUT2D eigenvalue weighted by Gasteiger charge is -2.20. The Balaban J connectivity index is 1.39. The molecule has 1 aliphatic rings. The van der Waals surface area contributed by atoms with Crippen molar-refractivity contribution in [1.82, 2.24) is 20.5 Å². The third-order valence-corrected chi connectivity index (χ3v) is 8.51. The number of carbonyl (C=O) groups is 3. The maximum Gasteiger partial charge on any atom is 0.253 e. The second-order valence-electron chi connectivity index (χ2n) is 8.94. The number of nitrogens with two attached hydrogens (primary N) is 1. The first-order chi connectivity index (χ1) is 17.6. The number of nitrogens with zero attached hydrogens (tertiary/aromatic N) is 2. The predicted molar refractivity (Wildman–Crippen MR) is 147 cm³/mol. The van der Waals surface area contributed by atoms with Crippen molar-refractivity contribution in [2.24, 2.45) is 11.7 Å². The maximum atomic E-state index is 12.8. The van der Waals surface area contributed by atoms with Crippen LogP contribution in [0.3, 0.4) is 0 Å². The standard InChI is InChI=1S/C24H26Cl2N6O3S2/c1-11(2)19(29-22(35)13-8-7-12(25)9-15(13)26)21-30-24(32-31-21)36-10-17(33)28-23-18(20(27)34)14-5-3-4-6-16(14)37-23/h7-9,11,19H,3-6,10H2,1-2H3,(H2,27,34)(H,28,33)(H,29,35)(H,30,31,32)/t19-/m1/s1. The van der Waals surface area contributed by atoms with Crippen LogP contribution in [0.25, 0.3) is 0 Å². The van der Waals surface area contributed by atoms with Crippen LogP contribution in [-0.4, -0.2) is 38.7 Å². The van der Waals surface area contributed by atoms with E-state index in [4.69, 9.17) is 28.9 Å². The lowest BCUT2D eigenvalue weighted by atomic mass is 9.95. The molecular weight excluding hydrogens is 555 g/mol. The van der Waals surface area contributed by atoms with Gasteiger partial charge in [-0.3, -0.25) is 19.5 Å². The summed E-state index contributed by atoms with van der Waals surface area (Å²) >= 11 is 14.7. The molecule has 0 saturated heterocycles. The van der Waals surface area contributed by atoms with Gasteiger partial charge in [-0.25, -0.2) is 4.98 Å². The Morgan fingerprint density at radius 1 is 1.22 bits per heavy atom. The number of fused-ring (bicyclic) bond motifs is 1. The van der Waals surface area contributed by atoms with E-state index in [0.717, 1.165) is 47.9 Å². The van der Waals surface area contributed by atoms with E-state index in [9.17, 15) is 14.4 Å². The Morgan fingerprint density at radius 3 is 2.68 bits per heavy atom. The summed E-state index contributed by atoms with van der Waals surface area (Å²) in [6, 6.07) is 4.20. The van der Waals surface area contributed by atoms with Crippen molar-refractivity contribution in [1.29, 1.82) is 0 Å². The molecule has 0 saturated carbocycles. The highest BCUT2D eigenvalue weighted by Crippen LogP contribution is 2.38. The van der Waals surface area contributed by atoms with Gasteiger partial charge >= 0.3 is 0 Å². The number of H-pyrrole nitrogens is 1. The first-order valence-corrected chi connectivity index (χ1v) is 14.2. The zero-order chi connectivity index (χ0) is 26.7. The summed E-state index contributed by atoms with van der Waals surface area (Å²) in [6.45, 7) is 3.88. The predicted octanol–water partition coefficient (Wildman–Crippen LogP) is 5.01. The van der Waals surface area contributed by atoms with Gasteiger partial charge in [0.1, 0.15) is 10.8 Å². The molecule has 0 bridgehead atoms. The third-order valence-electron chi connectivity index (χ3n) is 5.91. The summed E-state index contributed by atoms with van der Waals surface area (Å²) in [7, 11) is 0. The molecule has 0 unspecified atom stereocenters. The van der Waals surface area contributed by atoms with E-state index < -0.39 is 11.9 Å². The molecule has 13 heteroatoms. The molecule has 1 aromatic carbocycles. The van der Waals surface area contributed by atoms with Crippen LogP contribution in [0.1, 0.15) is 69.7 Å². The zero-order valence-electron chi connectivity index (χ0n) is 20.2. The third kappa shape index (κ3) is 6.46. The Labute approximate surface area is 232 Å². The molecule has 2 aromatic heterocycles. The maximum absolute atomic E-state index is 12.8. The number of hydrogen-bond donors (Lipinski definition) is 4. The number of thioether (sulfide) groups is 1. The number of benzene rings is 1. The van der Waals surface area contributed by atoms with Gasteiger partial charge in [-0.2, -0.15) is 0 Å². The minimum atomic E-state index is -0.525. The van der Waals surface area contributed by atoms with E-state index in [1.54, 1.807) is 12.1 Å². The molecule has 196 valence electrons. The minimum absolute atomic E-state index is 0.0128. The van der Waals surface area contributed by atoms with E-state index in [2.05, 4.69) is 25.8 Å². The summed E-state index contributed by atoms with van der Waals surface area (Å²) in [6.07, 6.45) is 3.76. The second-order valence-corrected chi connectivity index (χ2v) is 11.8. The number of thiophene rings is 1. The Hall–Kier alpha value is -2.60. The lowest BCUT2D eigenvalue weighted by molar-refractivity contribution is -0.113. The van der Waals surface area contributed by atoms with Crippen molar-refractivity contribution in [2.45, 2.75) is 50.7 Å². The summed E-state index contributed by atoms with van der Waals surface area (Å²) < 4.78 is 0. The van der Waals surface area contributed by atoms with Crippen LogP contribution in [-0.2, 0) is 17.6 Å². The van der Waals surface area contributed by atoms with Gasteiger partial charge in [0.25, 0.3) is 11.8 Å². The molecule has 0 spiro atoms. The molecule has 0 aliphatic heterocycles. The molecule has 9 nitrogen and oxygen atoms in total.